The fourth-order valence-electron chi connectivity index (χ4n) is 4.18. The van der Waals surface area contributed by atoms with Crippen molar-refractivity contribution >= 4 is 28.9 Å². The molecule has 5 rings (SSSR count). The van der Waals surface area contributed by atoms with E-state index >= 15 is 0 Å². The molecule has 0 unspecified atom stereocenters. The van der Waals surface area contributed by atoms with E-state index in [0.29, 0.717) is 16.7 Å². The Kier molecular flexibility index (Phi) is 5.98. The van der Waals surface area contributed by atoms with Crippen molar-refractivity contribution in [2.75, 3.05) is 7.11 Å². The molecule has 2 atom stereocenters. The highest BCUT2D eigenvalue weighted by Crippen LogP contribution is 2.40. The molecule has 0 amide bonds. The Morgan fingerprint density at radius 2 is 1.88 bits per heavy atom. The summed E-state index contributed by atoms with van der Waals surface area (Å²) in [5, 5.41) is 4.79. The summed E-state index contributed by atoms with van der Waals surface area (Å²) in [5.41, 5.74) is 3.12. The van der Waals surface area contributed by atoms with Crippen LogP contribution in [0.4, 0.5) is 0 Å². The summed E-state index contributed by atoms with van der Waals surface area (Å²) in [7, 11) is 1.67. The minimum Gasteiger partial charge on any atom is -0.497 e. The van der Waals surface area contributed by atoms with Crippen LogP contribution in [0.25, 0.3) is 5.82 Å². The number of rotatable bonds is 6. The number of nitrogens with one attached hydrogen (secondary N) is 1. The molecular weight excluding hydrogens is 454 g/mol. The second-order valence-electron chi connectivity index (χ2n) is 7.74. The predicted octanol–water partition coefficient (Wildman–Crippen LogP) is 5.10. The summed E-state index contributed by atoms with van der Waals surface area (Å²) < 4.78 is 7.39. The Morgan fingerprint density at radius 1 is 1.03 bits per heavy atom. The van der Waals surface area contributed by atoms with E-state index in [2.05, 4.69) is 43.0 Å². The first-order chi connectivity index (χ1) is 16.1. The third kappa shape index (κ3) is 4.29. The molecule has 4 aromatic rings. The van der Waals surface area contributed by atoms with Crippen molar-refractivity contribution in [3.63, 3.8) is 0 Å². The zero-order valence-corrected chi connectivity index (χ0v) is 19.5. The van der Waals surface area contributed by atoms with Crippen molar-refractivity contribution < 1.29 is 4.74 Å². The van der Waals surface area contributed by atoms with Gasteiger partial charge in [-0.1, -0.05) is 29.8 Å². The van der Waals surface area contributed by atoms with Gasteiger partial charge in [-0.25, -0.2) is 4.98 Å². The normalized spacial score (nSPS) is 17.8. The third-order valence-corrected chi connectivity index (χ3v) is 6.33. The number of aromatic nitrogens is 3. The number of hydrogen-bond donors (Lipinski definition) is 1. The van der Waals surface area contributed by atoms with Gasteiger partial charge in [0.1, 0.15) is 11.6 Å². The minimum atomic E-state index is -0.113. The minimum absolute atomic E-state index is 0.0954. The summed E-state index contributed by atoms with van der Waals surface area (Å²) in [6.07, 6.45) is 5.47. The lowest BCUT2D eigenvalue weighted by Gasteiger charge is -2.29. The number of nitrogens with zero attached hydrogens (tertiary/aromatic N) is 4. The summed E-state index contributed by atoms with van der Waals surface area (Å²) in [6, 6.07) is 21.7. The molecule has 4 heterocycles. The monoisotopic (exact) mass is 475 g/mol. The molecule has 3 aromatic heterocycles. The van der Waals surface area contributed by atoms with E-state index in [9.17, 15) is 0 Å². The lowest BCUT2D eigenvalue weighted by atomic mass is 10.0. The van der Waals surface area contributed by atoms with Crippen molar-refractivity contribution in [2.24, 2.45) is 0 Å². The Hall–Kier alpha value is -3.42. The average molecular weight is 476 g/mol. The number of methoxy groups -OCH3 is 1. The summed E-state index contributed by atoms with van der Waals surface area (Å²) >= 11 is 11.9. The molecule has 8 heteroatoms. The molecule has 0 spiro atoms. The van der Waals surface area contributed by atoms with E-state index in [0.717, 1.165) is 28.5 Å². The van der Waals surface area contributed by atoms with Gasteiger partial charge in [0.25, 0.3) is 0 Å². The SMILES string of the molecule is COc1ccc(CN2C(=S)N[C@@H](c3ccccn3)[C@H]2c2cccn2-c2ccc(Cl)cn2)cc1. The highest BCUT2D eigenvalue weighted by Gasteiger charge is 2.41. The quantitative estimate of drug-likeness (QED) is 0.391. The maximum atomic E-state index is 6.07. The first kappa shape index (κ1) is 21.4. The van der Waals surface area contributed by atoms with Crippen LogP contribution in [0, 0.1) is 0 Å². The van der Waals surface area contributed by atoms with Crippen molar-refractivity contribution in [1.29, 1.82) is 0 Å². The van der Waals surface area contributed by atoms with Crippen LogP contribution >= 0.6 is 23.8 Å². The zero-order chi connectivity index (χ0) is 22.8. The van der Waals surface area contributed by atoms with Crippen LogP contribution in [0.3, 0.4) is 0 Å². The fraction of sp³-hybridized carbons (Fsp3) is 0.160. The molecule has 1 aliphatic rings. The number of benzene rings is 1. The molecule has 1 N–H and O–H groups in total. The first-order valence-corrected chi connectivity index (χ1v) is 11.3. The smallest absolute Gasteiger partial charge is 0.170 e. The maximum absolute atomic E-state index is 6.07. The van der Waals surface area contributed by atoms with Crippen LogP contribution in [-0.4, -0.2) is 31.7 Å². The third-order valence-electron chi connectivity index (χ3n) is 5.75. The Labute approximate surface area is 202 Å². The van der Waals surface area contributed by atoms with Crippen LogP contribution in [0.5, 0.6) is 5.75 Å². The standard InChI is InChI=1S/C25H22ClN5OS/c1-32-19-10-7-17(8-11-19)16-31-24(23(29-25(31)33)20-5-2-3-13-27-20)21-6-4-14-30(21)22-12-9-18(26)15-28-22/h2-15,23-24H,16H2,1H3,(H,29,33)/t23-,24+/m0/s1. The summed E-state index contributed by atoms with van der Waals surface area (Å²) in [4.78, 5) is 11.4. The molecule has 1 fully saturated rings. The molecule has 6 nitrogen and oxygen atoms in total. The lowest BCUT2D eigenvalue weighted by Crippen LogP contribution is -2.30. The summed E-state index contributed by atoms with van der Waals surface area (Å²) in [5.74, 6) is 1.62. The van der Waals surface area contributed by atoms with Crippen LogP contribution in [0.15, 0.2) is 85.3 Å². The fourth-order valence-corrected chi connectivity index (χ4v) is 4.60. The van der Waals surface area contributed by atoms with Crippen molar-refractivity contribution in [1.82, 2.24) is 24.8 Å². The first-order valence-electron chi connectivity index (χ1n) is 10.5. The second-order valence-corrected chi connectivity index (χ2v) is 8.56. The van der Waals surface area contributed by atoms with Gasteiger partial charge in [0, 0.05) is 30.8 Å². The molecular formula is C25H22ClN5OS. The summed E-state index contributed by atoms with van der Waals surface area (Å²) in [6.45, 7) is 0.642. The van der Waals surface area contributed by atoms with E-state index in [1.165, 1.54) is 0 Å². The Morgan fingerprint density at radius 3 is 2.58 bits per heavy atom. The molecule has 0 saturated carbocycles. The number of thiocarbonyl (C=S) groups is 1. The Bertz CT molecular complexity index is 1240. The van der Waals surface area contributed by atoms with E-state index in [1.807, 2.05) is 60.9 Å². The van der Waals surface area contributed by atoms with Crippen LogP contribution in [-0.2, 0) is 6.54 Å². The zero-order valence-electron chi connectivity index (χ0n) is 17.9. The van der Waals surface area contributed by atoms with Gasteiger partial charge in [-0.2, -0.15) is 0 Å². The van der Waals surface area contributed by atoms with Gasteiger partial charge in [0.05, 0.1) is 29.9 Å². The van der Waals surface area contributed by atoms with Gasteiger partial charge >= 0.3 is 0 Å². The molecule has 0 bridgehead atoms. The Balaban J connectivity index is 1.57. The lowest BCUT2D eigenvalue weighted by molar-refractivity contribution is 0.302. The van der Waals surface area contributed by atoms with Crippen LogP contribution < -0.4 is 10.1 Å². The topological polar surface area (TPSA) is 55.2 Å². The van der Waals surface area contributed by atoms with Crippen LogP contribution in [0.1, 0.15) is 29.0 Å². The molecule has 1 aromatic carbocycles. The number of pyridine rings is 2. The molecule has 1 aliphatic heterocycles. The molecule has 1 saturated heterocycles. The molecule has 166 valence electrons. The van der Waals surface area contributed by atoms with Crippen LogP contribution in [0.2, 0.25) is 5.02 Å². The highest BCUT2D eigenvalue weighted by atomic mass is 35.5. The van der Waals surface area contributed by atoms with Gasteiger partial charge in [0.2, 0.25) is 0 Å². The largest absolute Gasteiger partial charge is 0.497 e. The molecule has 0 radical (unpaired) electrons. The van der Waals surface area contributed by atoms with E-state index in [1.54, 1.807) is 13.3 Å². The predicted molar refractivity (Wildman–Crippen MR) is 133 cm³/mol. The van der Waals surface area contributed by atoms with Gasteiger partial charge in [-0.15, -0.1) is 0 Å². The van der Waals surface area contributed by atoms with E-state index < -0.39 is 0 Å². The highest BCUT2D eigenvalue weighted by molar-refractivity contribution is 7.80. The van der Waals surface area contributed by atoms with E-state index in [4.69, 9.17) is 28.6 Å². The molecule has 0 aliphatic carbocycles. The molecule has 33 heavy (non-hydrogen) atoms. The van der Waals surface area contributed by atoms with Gasteiger partial charge in [-0.3, -0.25) is 4.98 Å². The van der Waals surface area contributed by atoms with Gasteiger partial charge in [0.15, 0.2) is 5.11 Å². The maximum Gasteiger partial charge on any atom is 0.170 e. The number of ether oxygens (including phenoxy) is 1. The van der Waals surface area contributed by atoms with Crippen molar-refractivity contribution in [3.8, 4) is 11.6 Å². The van der Waals surface area contributed by atoms with Gasteiger partial charge < -0.3 is 19.5 Å². The number of hydrogen-bond acceptors (Lipinski definition) is 4. The van der Waals surface area contributed by atoms with Gasteiger partial charge in [-0.05, 0) is 66.3 Å². The van der Waals surface area contributed by atoms with Crippen molar-refractivity contribution in [2.45, 2.75) is 18.6 Å². The second kappa shape index (κ2) is 9.21. The van der Waals surface area contributed by atoms with E-state index in [-0.39, 0.29) is 12.1 Å². The number of halogens is 1. The average Bonchev–Trinajstić information content (AvgIpc) is 3.45. The van der Waals surface area contributed by atoms with Crippen molar-refractivity contribution in [3.05, 3.63) is 107 Å².